The molecule has 0 radical (unpaired) electrons. The first-order valence-corrected chi connectivity index (χ1v) is 5.93. The molecule has 1 saturated heterocycles. The molecule has 0 aromatic heterocycles. The Morgan fingerprint density at radius 3 is 3.00 bits per heavy atom. The predicted octanol–water partition coefficient (Wildman–Crippen LogP) is 2.90. The van der Waals surface area contributed by atoms with Crippen LogP contribution in [0.3, 0.4) is 0 Å². The van der Waals surface area contributed by atoms with Gasteiger partial charge in [0.2, 0.25) is 0 Å². The van der Waals surface area contributed by atoms with Crippen molar-refractivity contribution in [3.63, 3.8) is 0 Å². The summed E-state index contributed by atoms with van der Waals surface area (Å²) < 4.78 is 13.6. The summed E-state index contributed by atoms with van der Waals surface area (Å²) in [4.78, 5) is 13.1. The van der Waals surface area contributed by atoms with Crippen molar-refractivity contribution in [2.24, 2.45) is 0 Å². The highest BCUT2D eigenvalue weighted by Crippen LogP contribution is 2.31. The summed E-state index contributed by atoms with van der Waals surface area (Å²) in [5.41, 5.74) is 0.315. The zero-order valence-corrected chi connectivity index (χ0v) is 9.82. The van der Waals surface area contributed by atoms with Crippen LogP contribution in [0.1, 0.15) is 36.5 Å². The van der Waals surface area contributed by atoms with E-state index < -0.39 is 11.8 Å². The van der Waals surface area contributed by atoms with Crippen molar-refractivity contribution in [1.82, 2.24) is 0 Å². The molecule has 1 aromatic rings. The maximum Gasteiger partial charge on any atom is 0.340 e. The van der Waals surface area contributed by atoms with Crippen LogP contribution in [-0.4, -0.2) is 23.7 Å². The first kappa shape index (κ1) is 11.9. The monoisotopic (exact) mass is 237 g/mol. The molecule has 1 atom stereocenters. The van der Waals surface area contributed by atoms with Gasteiger partial charge in [-0.2, -0.15) is 0 Å². The molecule has 1 heterocycles. The first-order valence-electron chi connectivity index (χ1n) is 5.93. The number of halogens is 1. The van der Waals surface area contributed by atoms with E-state index >= 15 is 0 Å². The first-order chi connectivity index (χ1) is 8.15. The average Bonchev–Trinajstić information content (AvgIpc) is 2.75. The maximum absolute atomic E-state index is 13.6. The van der Waals surface area contributed by atoms with Gasteiger partial charge in [-0.1, -0.05) is 13.0 Å². The fourth-order valence-corrected chi connectivity index (χ4v) is 2.54. The second-order valence-corrected chi connectivity index (χ2v) is 4.34. The minimum atomic E-state index is -1.19. The number of carbonyl (C=O) groups is 1. The van der Waals surface area contributed by atoms with Crippen molar-refractivity contribution in [2.75, 3.05) is 11.4 Å². The molecule has 4 heteroatoms. The standard InChI is InChI=1S/C13H16FNO2/c1-2-9-5-4-8-15(9)11-7-3-6-10(14)12(11)13(16)17/h3,6-7,9H,2,4-5,8H2,1H3,(H,16,17). The number of benzene rings is 1. The van der Waals surface area contributed by atoms with Gasteiger partial charge in [-0.15, -0.1) is 0 Å². The normalized spacial score (nSPS) is 19.6. The van der Waals surface area contributed by atoms with Crippen LogP contribution in [0.4, 0.5) is 10.1 Å². The molecular formula is C13H16FNO2. The zero-order chi connectivity index (χ0) is 12.4. The second-order valence-electron chi connectivity index (χ2n) is 4.34. The molecule has 0 saturated carbocycles. The number of carboxylic acids is 1. The summed E-state index contributed by atoms with van der Waals surface area (Å²) in [5.74, 6) is -1.85. The van der Waals surface area contributed by atoms with E-state index in [2.05, 4.69) is 6.92 Å². The summed E-state index contributed by atoms with van der Waals surface area (Å²) in [6.45, 7) is 2.88. The summed E-state index contributed by atoms with van der Waals surface area (Å²) in [6, 6.07) is 4.79. The summed E-state index contributed by atoms with van der Waals surface area (Å²) in [6.07, 6.45) is 3.04. The van der Waals surface area contributed by atoms with E-state index in [-0.39, 0.29) is 5.56 Å². The summed E-state index contributed by atoms with van der Waals surface area (Å²) in [5, 5.41) is 9.10. The van der Waals surface area contributed by atoms with Crippen molar-refractivity contribution < 1.29 is 14.3 Å². The predicted molar refractivity (Wildman–Crippen MR) is 64.0 cm³/mol. The molecule has 0 aliphatic carbocycles. The highest BCUT2D eigenvalue weighted by molar-refractivity contribution is 5.94. The van der Waals surface area contributed by atoms with E-state index in [0.29, 0.717) is 11.7 Å². The molecule has 2 rings (SSSR count). The van der Waals surface area contributed by atoms with Crippen LogP contribution >= 0.6 is 0 Å². The number of nitrogens with zero attached hydrogens (tertiary/aromatic N) is 1. The molecular weight excluding hydrogens is 221 g/mol. The number of rotatable bonds is 3. The molecule has 1 aliphatic rings. The largest absolute Gasteiger partial charge is 0.478 e. The molecule has 3 nitrogen and oxygen atoms in total. The van der Waals surface area contributed by atoms with Crippen molar-refractivity contribution in [1.29, 1.82) is 0 Å². The smallest absolute Gasteiger partial charge is 0.340 e. The third kappa shape index (κ3) is 2.12. The van der Waals surface area contributed by atoms with Crippen molar-refractivity contribution >= 4 is 11.7 Å². The fraction of sp³-hybridized carbons (Fsp3) is 0.462. The molecule has 0 bridgehead atoms. The van der Waals surface area contributed by atoms with Gasteiger partial charge in [-0.05, 0) is 31.4 Å². The van der Waals surface area contributed by atoms with Crippen LogP contribution in [0.15, 0.2) is 18.2 Å². The van der Waals surface area contributed by atoms with Crippen LogP contribution in [0.25, 0.3) is 0 Å². The number of carboxylic acid groups (broad SMARTS) is 1. The quantitative estimate of drug-likeness (QED) is 0.878. The van der Waals surface area contributed by atoms with Gasteiger partial charge in [-0.25, -0.2) is 9.18 Å². The molecule has 1 aromatic carbocycles. The van der Waals surface area contributed by atoms with E-state index in [1.807, 2.05) is 4.90 Å². The Balaban J connectivity index is 2.44. The lowest BCUT2D eigenvalue weighted by Crippen LogP contribution is -2.30. The van der Waals surface area contributed by atoms with Crippen molar-refractivity contribution in [3.8, 4) is 0 Å². The average molecular weight is 237 g/mol. The molecule has 17 heavy (non-hydrogen) atoms. The van der Waals surface area contributed by atoms with Gasteiger partial charge in [0, 0.05) is 12.6 Å². The molecule has 1 N–H and O–H groups in total. The lowest BCUT2D eigenvalue weighted by Gasteiger charge is -2.27. The highest BCUT2D eigenvalue weighted by atomic mass is 19.1. The highest BCUT2D eigenvalue weighted by Gasteiger charge is 2.28. The molecule has 1 fully saturated rings. The van der Waals surface area contributed by atoms with E-state index in [1.54, 1.807) is 12.1 Å². The number of anilines is 1. The lowest BCUT2D eigenvalue weighted by atomic mass is 10.1. The Kier molecular flexibility index (Phi) is 3.31. The molecule has 1 unspecified atom stereocenters. The molecule has 1 aliphatic heterocycles. The van der Waals surface area contributed by atoms with Crippen LogP contribution in [0.5, 0.6) is 0 Å². The topological polar surface area (TPSA) is 40.5 Å². The Bertz CT molecular complexity index is 433. The van der Waals surface area contributed by atoms with Crippen molar-refractivity contribution in [2.45, 2.75) is 32.2 Å². The van der Waals surface area contributed by atoms with Gasteiger partial charge in [0.1, 0.15) is 11.4 Å². The molecule has 92 valence electrons. The van der Waals surface area contributed by atoms with E-state index in [1.165, 1.54) is 6.07 Å². The second kappa shape index (κ2) is 4.73. The van der Waals surface area contributed by atoms with E-state index in [9.17, 15) is 9.18 Å². The fourth-order valence-electron chi connectivity index (χ4n) is 2.54. The Morgan fingerprint density at radius 1 is 1.59 bits per heavy atom. The maximum atomic E-state index is 13.6. The van der Waals surface area contributed by atoms with Crippen LogP contribution < -0.4 is 4.90 Å². The summed E-state index contributed by atoms with van der Waals surface area (Å²) >= 11 is 0. The van der Waals surface area contributed by atoms with Crippen LogP contribution in [-0.2, 0) is 0 Å². The zero-order valence-electron chi connectivity index (χ0n) is 9.82. The van der Waals surface area contributed by atoms with Gasteiger partial charge in [0.15, 0.2) is 0 Å². The molecule has 0 amide bonds. The van der Waals surface area contributed by atoms with Gasteiger partial charge in [0.05, 0.1) is 5.69 Å². The van der Waals surface area contributed by atoms with Crippen LogP contribution in [0.2, 0.25) is 0 Å². The third-order valence-corrected chi connectivity index (χ3v) is 3.36. The minimum absolute atomic E-state index is 0.201. The number of aromatic carboxylic acids is 1. The minimum Gasteiger partial charge on any atom is -0.478 e. The number of hydrogen-bond acceptors (Lipinski definition) is 2. The molecule has 0 spiro atoms. The van der Waals surface area contributed by atoms with E-state index in [0.717, 1.165) is 25.8 Å². The Morgan fingerprint density at radius 2 is 2.35 bits per heavy atom. The van der Waals surface area contributed by atoms with Gasteiger partial charge in [0.25, 0.3) is 0 Å². The Hall–Kier alpha value is -1.58. The Labute approximate surface area is 99.9 Å². The van der Waals surface area contributed by atoms with Gasteiger partial charge < -0.3 is 10.0 Å². The van der Waals surface area contributed by atoms with Crippen LogP contribution in [0, 0.1) is 5.82 Å². The lowest BCUT2D eigenvalue weighted by molar-refractivity contribution is 0.0692. The third-order valence-electron chi connectivity index (χ3n) is 3.36. The van der Waals surface area contributed by atoms with E-state index in [4.69, 9.17) is 5.11 Å². The van der Waals surface area contributed by atoms with Gasteiger partial charge >= 0.3 is 5.97 Å². The summed E-state index contributed by atoms with van der Waals surface area (Å²) in [7, 11) is 0. The SMILES string of the molecule is CCC1CCCN1c1cccc(F)c1C(=O)O. The van der Waals surface area contributed by atoms with Crippen molar-refractivity contribution in [3.05, 3.63) is 29.6 Å². The van der Waals surface area contributed by atoms with Gasteiger partial charge in [-0.3, -0.25) is 0 Å². The number of hydrogen-bond donors (Lipinski definition) is 1.